The first-order chi connectivity index (χ1) is 10.6. The second-order valence-electron chi connectivity index (χ2n) is 5.83. The lowest BCUT2D eigenvalue weighted by Crippen LogP contribution is -2.55. The zero-order chi connectivity index (χ0) is 16.1. The molecule has 1 saturated heterocycles. The van der Waals surface area contributed by atoms with E-state index in [1.165, 1.54) is 0 Å². The van der Waals surface area contributed by atoms with Gasteiger partial charge in [-0.1, -0.05) is 0 Å². The molecule has 9 heteroatoms. The summed E-state index contributed by atoms with van der Waals surface area (Å²) in [6, 6.07) is 0.0191. The van der Waals surface area contributed by atoms with Crippen LogP contribution in [-0.4, -0.2) is 78.5 Å². The summed E-state index contributed by atoms with van der Waals surface area (Å²) in [7, 11) is 5.39. The van der Waals surface area contributed by atoms with Crippen molar-refractivity contribution >= 4 is 30.7 Å². The summed E-state index contributed by atoms with van der Waals surface area (Å²) in [4.78, 5) is 17.1. The topological polar surface area (TPSA) is 62.6 Å². The van der Waals surface area contributed by atoms with Crippen LogP contribution >= 0.6 is 24.8 Å². The number of carbonyl (C=O) groups excluding carboxylic acids is 1. The Kier molecular flexibility index (Phi) is 10.5. The van der Waals surface area contributed by atoms with Crippen molar-refractivity contribution in [3.8, 4) is 0 Å². The average Bonchev–Trinajstić information content (AvgIpc) is 2.93. The van der Waals surface area contributed by atoms with Crippen molar-refractivity contribution in [1.29, 1.82) is 0 Å². The highest BCUT2D eigenvalue weighted by atomic mass is 35.5. The van der Waals surface area contributed by atoms with Crippen molar-refractivity contribution in [3.05, 3.63) is 18.0 Å². The van der Waals surface area contributed by atoms with E-state index in [4.69, 9.17) is 4.74 Å². The third-order valence-corrected chi connectivity index (χ3v) is 4.25. The molecular weight excluding hydrogens is 353 g/mol. The minimum atomic E-state index is -0.327. The SMILES string of the molecule is CNC(C(=O)N1CCN(CCOC)C(C)C1)c1cnn(C)c1.Cl.Cl. The number of likely N-dealkylation sites (N-methyl/N-ethyl adjacent to an activating group) is 1. The molecule has 0 radical (unpaired) electrons. The molecule has 2 unspecified atom stereocenters. The van der Waals surface area contributed by atoms with Gasteiger partial charge in [0.15, 0.2) is 0 Å². The number of hydrogen-bond donors (Lipinski definition) is 1. The Morgan fingerprint density at radius 2 is 2.17 bits per heavy atom. The molecule has 0 aromatic carbocycles. The van der Waals surface area contributed by atoms with Crippen LogP contribution in [0.2, 0.25) is 0 Å². The minimum absolute atomic E-state index is 0. The van der Waals surface area contributed by atoms with Crippen molar-refractivity contribution in [2.75, 3.05) is 46.9 Å². The van der Waals surface area contributed by atoms with E-state index in [0.717, 1.165) is 38.3 Å². The highest BCUT2D eigenvalue weighted by Crippen LogP contribution is 2.18. The Bertz CT molecular complexity index is 500. The van der Waals surface area contributed by atoms with Gasteiger partial charge in [-0.25, -0.2) is 0 Å². The summed E-state index contributed by atoms with van der Waals surface area (Å²) in [6.07, 6.45) is 3.63. The molecule has 1 aromatic heterocycles. The molecule has 1 aliphatic rings. The van der Waals surface area contributed by atoms with Crippen LogP contribution in [0.5, 0.6) is 0 Å². The first kappa shape index (κ1) is 23.1. The molecule has 1 amide bonds. The molecule has 7 nitrogen and oxygen atoms in total. The Balaban J connectivity index is 0.00000264. The number of ether oxygens (including phenoxy) is 1. The van der Waals surface area contributed by atoms with Gasteiger partial charge in [0.2, 0.25) is 5.91 Å². The molecule has 2 atom stereocenters. The van der Waals surface area contributed by atoms with Crippen LogP contribution < -0.4 is 5.32 Å². The fourth-order valence-corrected chi connectivity index (χ4v) is 2.94. The summed E-state index contributed by atoms with van der Waals surface area (Å²) >= 11 is 0. The van der Waals surface area contributed by atoms with Crippen LogP contribution in [0.4, 0.5) is 0 Å². The monoisotopic (exact) mass is 381 g/mol. The molecule has 0 spiro atoms. The van der Waals surface area contributed by atoms with E-state index in [0.29, 0.717) is 6.04 Å². The van der Waals surface area contributed by atoms with Gasteiger partial charge in [-0.05, 0) is 14.0 Å². The number of methoxy groups -OCH3 is 1. The summed E-state index contributed by atoms with van der Waals surface area (Å²) in [6.45, 7) is 6.20. The fraction of sp³-hybridized carbons (Fsp3) is 0.733. The van der Waals surface area contributed by atoms with Gasteiger partial charge in [-0.15, -0.1) is 24.8 Å². The maximum Gasteiger partial charge on any atom is 0.244 e. The van der Waals surface area contributed by atoms with Gasteiger partial charge in [-0.3, -0.25) is 14.4 Å². The highest BCUT2D eigenvalue weighted by Gasteiger charge is 2.31. The van der Waals surface area contributed by atoms with Gasteiger partial charge < -0.3 is 15.0 Å². The third kappa shape index (κ3) is 5.60. The number of hydrogen-bond acceptors (Lipinski definition) is 5. The molecule has 2 rings (SSSR count). The number of aromatic nitrogens is 2. The lowest BCUT2D eigenvalue weighted by molar-refractivity contribution is -0.136. The summed E-state index contributed by atoms with van der Waals surface area (Å²) in [5.41, 5.74) is 0.907. The first-order valence-electron chi connectivity index (χ1n) is 7.74. The molecule has 140 valence electrons. The Labute approximate surface area is 156 Å². The van der Waals surface area contributed by atoms with Gasteiger partial charge in [0.1, 0.15) is 6.04 Å². The van der Waals surface area contributed by atoms with E-state index < -0.39 is 0 Å². The van der Waals surface area contributed by atoms with Crippen LogP contribution in [0.25, 0.3) is 0 Å². The van der Waals surface area contributed by atoms with Crippen molar-refractivity contribution in [2.24, 2.45) is 7.05 Å². The number of piperazine rings is 1. The maximum absolute atomic E-state index is 12.8. The van der Waals surface area contributed by atoms with E-state index in [9.17, 15) is 4.79 Å². The number of aryl methyl sites for hydroxylation is 1. The third-order valence-electron chi connectivity index (χ3n) is 4.25. The van der Waals surface area contributed by atoms with Crippen LogP contribution in [0.1, 0.15) is 18.5 Å². The molecule has 1 N–H and O–H groups in total. The average molecular weight is 382 g/mol. The standard InChI is InChI=1S/C15H27N5O2.2ClH/c1-12-10-20(6-5-19(12)7-8-22-4)15(21)14(16-2)13-9-17-18(3)11-13;;/h9,11-12,14,16H,5-8,10H2,1-4H3;2*1H. The predicted molar refractivity (Wildman–Crippen MR) is 99.0 cm³/mol. The van der Waals surface area contributed by atoms with E-state index in [2.05, 4.69) is 22.2 Å². The van der Waals surface area contributed by atoms with Gasteiger partial charge in [0.05, 0.1) is 12.8 Å². The molecule has 0 bridgehead atoms. The van der Waals surface area contributed by atoms with Gasteiger partial charge >= 0.3 is 0 Å². The second kappa shape index (κ2) is 10.9. The molecule has 1 aromatic rings. The number of nitrogens with one attached hydrogen (secondary N) is 1. The summed E-state index contributed by atoms with van der Waals surface area (Å²) < 4.78 is 6.86. The number of nitrogens with zero attached hydrogens (tertiary/aromatic N) is 4. The van der Waals surface area contributed by atoms with Crippen molar-refractivity contribution < 1.29 is 9.53 Å². The van der Waals surface area contributed by atoms with E-state index in [1.807, 2.05) is 25.2 Å². The Hall–Kier alpha value is -0.860. The Morgan fingerprint density at radius 3 is 2.67 bits per heavy atom. The number of carbonyl (C=O) groups is 1. The van der Waals surface area contributed by atoms with Crippen molar-refractivity contribution in [1.82, 2.24) is 24.9 Å². The minimum Gasteiger partial charge on any atom is -0.383 e. The van der Waals surface area contributed by atoms with Crippen LogP contribution in [0.3, 0.4) is 0 Å². The lowest BCUT2D eigenvalue weighted by atomic mass is 10.1. The van der Waals surface area contributed by atoms with Crippen LogP contribution in [0.15, 0.2) is 12.4 Å². The largest absolute Gasteiger partial charge is 0.383 e. The smallest absolute Gasteiger partial charge is 0.244 e. The Morgan fingerprint density at radius 1 is 1.46 bits per heavy atom. The maximum atomic E-state index is 12.8. The highest BCUT2D eigenvalue weighted by molar-refractivity contribution is 5.85. The second-order valence-corrected chi connectivity index (χ2v) is 5.83. The van der Waals surface area contributed by atoms with Gasteiger partial charge in [-0.2, -0.15) is 5.10 Å². The first-order valence-corrected chi connectivity index (χ1v) is 7.74. The number of halogens is 2. The van der Waals surface area contributed by atoms with Crippen LogP contribution in [0, 0.1) is 0 Å². The number of amides is 1. The molecule has 0 aliphatic carbocycles. The fourth-order valence-electron chi connectivity index (χ4n) is 2.94. The van der Waals surface area contributed by atoms with E-state index in [1.54, 1.807) is 18.0 Å². The van der Waals surface area contributed by atoms with E-state index >= 15 is 0 Å². The molecule has 1 aliphatic heterocycles. The van der Waals surface area contributed by atoms with Crippen molar-refractivity contribution in [2.45, 2.75) is 19.0 Å². The van der Waals surface area contributed by atoms with E-state index in [-0.39, 0.29) is 36.8 Å². The van der Waals surface area contributed by atoms with Crippen LogP contribution in [-0.2, 0) is 16.6 Å². The molecule has 24 heavy (non-hydrogen) atoms. The zero-order valence-corrected chi connectivity index (χ0v) is 16.4. The van der Waals surface area contributed by atoms with Crippen molar-refractivity contribution in [3.63, 3.8) is 0 Å². The quantitative estimate of drug-likeness (QED) is 0.785. The molecular formula is C15H29Cl2N5O2. The van der Waals surface area contributed by atoms with Gasteiger partial charge in [0.25, 0.3) is 0 Å². The molecule has 2 heterocycles. The molecule has 1 fully saturated rings. The zero-order valence-electron chi connectivity index (χ0n) is 14.8. The predicted octanol–water partition coefficient (Wildman–Crippen LogP) is 0.703. The van der Waals surface area contributed by atoms with Gasteiger partial charge in [0, 0.05) is 58.1 Å². The lowest BCUT2D eigenvalue weighted by Gasteiger charge is -2.40. The number of rotatable bonds is 6. The summed E-state index contributed by atoms with van der Waals surface area (Å²) in [5.74, 6) is 0.119. The summed E-state index contributed by atoms with van der Waals surface area (Å²) in [5, 5.41) is 7.27. The normalized spacial score (nSPS) is 19.3. The molecule has 0 saturated carbocycles.